The molecule has 0 saturated carbocycles. The van der Waals surface area contributed by atoms with Crippen molar-refractivity contribution < 1.29 is 9.18 Å². The Bertz CT molecular complexity index is 1000. The van der Waals surface area contributed by atoms with Crippen LogP contribution in [0.2, 0.25) is 0 Å². The molecule has 2 aromatic carbocycles. The monoisotopic (exact) mass is 354 g/mol. The first kappa shape index (κ1) is 17.6. The summed E-state index contributed by atoms with van der Waals surface area (Å²) in [7, 11) is 0. The van der Waals surface area contributed by atoms with Crippen LogP contribution in [0.4, 0.5) is 20.7 Å². The summed E-state index contributed by atoms with van der Waals surface area (Å²) in [6.07, 6.45) is 1.66. The van der Waals surface area contributed by atoms with Gasteiger partial charge in [-0.1, -0.05) is 37.6 Å². The van der Waals surface area contributed by atoms with Gasteiger partial charge in [0, 0.05) is 11.9 Å². The molecule has 0 spiro atoms. The van der Waals surface area contributed by atoms with Crippen molar-refractivity contribution in [2.75, 3.05) is 10.6 Å². The fourth-order valence-electron chi connectivity index (χ4n) is 2.66. The lowest BCUT2D eigenvalue weighted by atomic mass is 10.2. The van der Waals surface area contributed by atoms with Crippen LogP contribution in [0.15, 0.2) is 53.3 Å². The van der Waals surface area contributed by atoms with Crippen LogP contribution in [0.3, 0.4) is 0 Å². The molecule has 0 saturated heterocycles. The topological polar surface area (TPSA) is 76.0 Å². The molecule has 2 N–H and O–H groups in total. The average molecular weight is 354 g/mol. The van der Waals surface area contributed by atoms with E-state index in [0.717, 1.165) is 12.8 Å². The number of benzene rings is 2. The van der Waals surface area contributed by atoms with E-state index >= 15 is 0 Å². The van der Waals surface area contributed by atoms with Crippen molar-refractivity contribution in [1.29, 1.82) is 0 Å². The number of para-hydroxylation sites is 2. The van der Waals surface area contributed by atoms with Crippen LogP contribution in [-0.2, 0) is 6.54 Å². The summed E-state index contributed by atoms with van der Waals surface area (Å²) in [5.41, 5.74) is 0.121. The number of nitrogens with one attached hydrogen (secondary N) is 2. The van der Waals surface area contributed by atoms with Crippen molar-refractivity contribution in [3.63, 3.8) is 0 Å². The molecule has 6 nitrogen and oxygen atoms in total. The Morgan fingerprint density at radius 1 is 1.12 bits per heavy atom. The van der Waals surface area contributed by atoms with E-state index in [2.05, 4.69) is 15.6 Å². The van der Waals surface area contributed by atoms with E-state index in [1.165, 1.54) is 22.8 Å². The average Bonchev–Trinajstić information content (AvgIpc) is 2.63. The second kappa shape index (κ2) is 7.77. The van der Waals surface area contributed by atoms with Gasteiger partial charge in [-0.3, -0.25) is 9.88 Å². The maximum Gasteiger partial charge on any atom is 0.349 e. The van der Waals surface area contributed by atoms with Crippen LogP contribution in [0, 0.1) is 5.82 Å². The predicted molar refractivity (Wildman–Crippen MR) is 100.0 cm³/mol. The Hall–Kier alpha value is -3.22. The first-order chi connectivity index (χ1) is 12.6. The molecule has 0 aliphatic carbocycles. The lowest BCUT2D eigenvalue weighted by Gasteiger charge is -2.16. The Labute approximate surface area is 149 Å². The number of rotatable bonds is 5. The van der Waals surface area contributed by atoms with Gasteiger partial charge in [0.2, 0.25) is 0 Å². The molecule has 0 aliphatic heterocycles. The number of nitrogens with zero attached hydrogens (tertiary/aromatic N) is 2. The van der Waals surface area contributed by atoms with Gasteiger partial charge in [-0.25, -0.2) is 14.0 Å². The molecular weight excluding hydrogens is 335 g/mol. The predicted octanol–water partition coefficient (Wildman–Crippen LogP) is 3.98. The summed E-state index contributed by atoms with van der Waals surface area (Å²) < 4.78 is 15.2. The normalized spacial score (nSPS) is 10.7. The van der Waals surface area contributed by atoms with E-state index in [0.29, 0.717) is 23.3 Å². The second-order valence-corrected chi connectivity index (χ2v) is 5.82. The van der Waals surface area contributed by atoms with Gasteiger partial charge < -0.3 is 5.32 Å². The summed E-state index contributed by atoms with van der Waals surface area (Å²) in [5, 5.41) is 5.80. The van der Waals surface area contributed by atoms with Gasteiger partial charge in [0.1, 0.15) is 11.6 Å². The molecule has 26 heavy (non-hydrogen) atoms. The van der Waals surface area contributed by atoms with E-state index in [1.54, 1.807) is 30.3 Å². The number of aromatic nitrogens is 2. The lowest BCUT2D eigenvalue weighted by Crippen LogP contribution is -2.30. The highest BCUT2D eigenvalue weighted by atomic mass is 19.1. The third-order valence-corrected chi connectivity index (χ3v) is 3.97. The van der Waals surface area contributed by atoms with Crippen molar-refractivity contribution >= 4 is 28.4 Å². The van der Waals surface area contributed by atoms with Crippen LogP contribution in [0.25, 0.3) is 10.9 Å². The molecule has 0 unspecified atom stereocenters. The third kappa shape index (κ3) is 3.72. The van der Waals surface area contributed by atoms with E-state index in [1.807, 2.05) is 6.92 Å². The molecule has 0 bridgehead atoms. The summed E-state index contributed by atoms with van der Waals surface area (Å²) in [6, 6.07) is 12.3. The fourth-order valence-corrected chi connectivity index (χ4v) is 2.66. The number of urea groups is 1. The van der Waals surface area contributed by atoms with Crippen LogP contribution in [0.1, 0.15) is 19.8 Å². The molecule has 1 heterocycles. The molecular formula is C19H19FN4O2. The Balaban J connectivity index is 1.98. The van der Waals surface area contributed by atoms with Crippen molar-refractivity contribution in [3.8, 4) is 0 Å². The molecule has 3 aromatic rings. The molecule has 7 heteroatoms. The van der Waals surface area contributed by atoms with Gasteiger partial charge in [0.05, 0.1) is 11.2 Å². The van der Waals surface area contributed by atoms with Crippen molar-refractivity contribution in [2.45, 2.75) is 26.3 Å². The molecule has 1 aromatic heterocycles. The molecule has 0 radical (unpaired) electrons. The van der Waals surface area contributed by atoms with Crippen LogP contribution >= 0.6 is 0 Å². The molecule has 0 fully saturated rings. The zero-order valence-electron chi connectivity index (χ0n) is 14.3. The van der Waals surface area contributed by atoms with Gasteiger partial charge in [0.15, 0.2) is 0 Å². The first-order valence-electron chi connectivity index (χ1n) is 8.42. The largest absolute Gasteiger partial charge is 0.349 e. The molecule has 134 valence electrons. The molecule has 0 atom stereocenters. The maximum atomic E-state index is 13.7. The Morgan fingerprint density at radius 2 is 1.85 bits per heavy atom. The number of hydrogen-bond donors (Lipinski definition) is 2. The molecule has 2 amide bonds. The summed E-state index contributed by atoms with van der Waals surface area (Å²) >= 11 is 0. The van der Waals surface area contributed by atoms with Crippen molar-refractivity contribution in [3.05, 3.63) is 64.8 Å². The van der Waals surface area contributed by atoms with E-state index in [4.69, 9.17) is 0 Å². The standard InChI is InChI=1S/C19H19FN4O2/c1-2-3-12-24-17(13-8-4-6-10-15(13)22-19(24)26)23-18(25)21-16-11-7-5-9-14(16)20/h4-11H,2-3,12H2,1H3,(H2,21,23,25). The smallest absolute Gasteiger partial charge is 0.305 e. The van der Waals surface area contributed by atoms with Crippen LogP contribution in [0.5, 0.6) is 0 Å². The Kier molecular flexibility index (Phi) is 5.26. The maximum absolute atomic E-state index is 13.7. The lowest BCUT2D eigenvalue weighted by molar-refractivity contribution is 0.262. The fraction of sp³-hybridized carbons (Fsp3) is 0.211. The number of amides is 2. The second-order valence-electron chi connectivity index (χ2n) is 5.82. The molecule has 3 rings (SSSR count). The number of fused-ring (bicyclic) bond motifs is 1. The number of anilines is 2. The van der Waals surface area contributed by atoms with E-state index in [9.17, 15) is 14.0 Å². The summed E-state index contributed by atoms with van der Waals surface area (Å²) in [6.45, 7) is 2.44. The number of halogens is 1. The minimum atomic E-state index is -0.629. The summed E-state index contributed by atoms with van der Waals surface area (Å²) in [4.78, 5) is 28.8. The van der Waals surface area contributed by atoms with Crippen molar-refractivity contribution in [1.82, 2.24) is 9.55 Å². The van der Waals surface area contributed by atoms with Crippen LogP contribution < -0.4 is 16.3 Å². The summed E-state index contributed by atoms with van der Waals surface area (Å²) in [5.74, 6) is -0.187. The van der Waals surface area contributed by atoms with Gasteiger partial charge in [0.25, 0.3) is 0 Å². The third-order valence-electron chi connectivity index (χ3n) is 3.97. The highest BCUT2D eigenvalue weighted by Crippen LogP contribution is 2.21. The Morgan fingerprint density at radius 3 is 2.62 bits per heavy atom. The van der Waals surface area contributed by atoms with Gasteiger partial charge >= 0.3 is 11.7 Å². The van der Waals surface area contributed by atoms with Gasteiger partial charge in [-0.2, -0.15) is 4.98 Å². The first-order valence-corrected chi connectivity index (χ1v) is 8.42. The zero-order chi connectivity index (χ0) is 18.5. The number of hydrogen-bond acceptors (Lipinski definition) is 3. The van der Waals surface area contributed by atoms with Gasteiger partial charge in [-0.05, 0) is 30.7 Å². The zero-order valence-corrected chi connectivity index (χ0v) is 14.3. The minimum Gasteiger partial charge on any atom is -0.305 e. The van der Waals surface area contributed by atoms with Crippen LogP contribution in [-0.4, -0.2) is 15.6 Å². The highest BCUT2D eigenvalue weighted by molar-refractivity contribution is 6.04. The number of carbonyl (C=O) groups excluding carboxylic acids is 1. The quantitative estimate of drug-likeness (QED) is 0.728. The van der Waals surface area contributed by atoms with E-state index < -0.39 is 17.5 Å². The van der Waals surface area contributed by atoms with Crippen molar-refractivity contribution in [2.24, 2.45) is 0 Å². The molecule has 0 aliphatic rings. The SMILES string of the molecule is CCCCn1c(NC(=O)Nc2ccccc2F)c2ccccc2nc1=O. The van der Waals surface area contributed by atoms with Gasteiger partial charge in [-0.15, -0.1) is 0 Å². The minimum absolute atomic E-state index is 0.0609. The highest BCUT2D eigenvalue weighted by Gasteiger charge is 2.14. The number of unbranched alkanes of at least 4 members (excludes halogenated alkanes) is 1. The van der Waals surface area contributed by atoms with E-state index in [-0.39, 0.29) is 5.69 Å². The number of carbonyl (C=O) groups is 1.